The zero-order valence-electron chi connectivity index (χ0n) is 18.2. The highest BCUT2D eigenvalue weighted by molar-refractivity contribution is 5.66. The summed E-state index contributed by atoms with van der Waals surface area (Å²) in [6.07, 6.45) is 11.2. The van der Waals surface area contributed by atoms with E-state index >= 15 is 0 Å². The van der Waals surface area contributed by atoms with Crippen molar-refractivity contribution < 1.29 is 9.90 Å². The van der Waals surface area contributed by atoms with Gasteiger partial charge in [-0.05, 0) is 104 Å². The van der Waals surface area contributed by atoms with E-state index in [1.807, 2.05) is 0 Å². The molecule has 0 spiro atoms. The Morgan fingerprint density at radius 2 is 1.82 bits per heavy atom. The van der Waals surface area contributed by atoms with Crippen molar-refractivity contribution >= 4 is 5.97 Å². The molecule has 4 heteroatoms. The highest BCUT2D eigenvalue weighted by Crippen LogP contribution is 2.68. The summed E-state index contributed by atoms with van der Waals surface area (Å²) in [5, 5.41) is 9.13. The molecule has 4 rings (SSSR count). The summed E-state index contributed by atoms with van der Waals surface area (Å²) in [5.41, 5.74) is 14.0. The molecule has 0 amide bonds. The third-order valence-electron chi connectivity index (χ3n) is 10.5. The molecule has 4 aliphatic carbocycles. The van der Waals surface area contributed by atoms with E-state index in [1.165, 1.54) is 51.4 Å². The first-order chi connectivity index (χ1) is 13.2. The third-order valence-corrected chi connectivity index (χ3v) is 10.5. The van der Waals surface area contributed by atoms with E-state index in [2.05, 4.69) is 20.8 Å². The first-order valence-corrected chi connectivity index (χ1v) is 11.9. The van der Waals surface area contributed by atoms with Crippen LogP contribution >= 0.6 is 0 Å². The molecule has 160 valence electrons. The molecular weight excluding hydrogens is 348 g/mol. The number of aliphatic carboxylic acids is 1. The molecule has 0 aromatic heterocycles. The summed E-state index contributed by atoms with van der Waals surface area (Å²) >= 11 is 0. The summed E-state index contributed by atoms with van der Waals surface area (Å²) < 4.78 is 0. The van der Waals surface area contributed by atoms with Gasteiger partial charge in [0.05, 0.1) is 0 Å². The Bertz CT molecular complexity index is 609. The van der Waals surface area contributed by atoms with E-state index < -0.39 is 5.97 Å². The van der Waals surface area contributed by atoms with Crippen LogP contribution in [0.15, 0.2) is 0 Å². The predicted octanol–water partition coefficient (Wildman–Crippen LogP) is 4.41. The minimum Gasteiger partial charge on any atom is -0.481 e. The van der Waals surface area contributed by atoms with Gasteiger partial charge in [0.1, 0.15) is 0 Å². The molecule has 28 heavy (non-hydrogen) atoms. The molecule has 10 atom stereocenters. The lowest BCUT2D eigenvalue weighted by Gasteiger charge is -2.63. The maximum atomic E-state index is 11.1. The minimum absolute atomic E-state index is 0.188. The van der Waals surface area contributed by atoms with Crippen LogP contribution in [0.4, 0.5) is 0 Å². The summed E-state index contributed by atoms with van der Waals surface area (Å²) in [6.45, 7) is 7.32. The second-order valence-electron chi connectivity index (χ2n) is 11.5. The molecule has 5 N–H and O–H groups in total. The molecule has 0 aromatic rings. The molecule has 4 aliphatic rings. The maximum Gasteiger partial charge on any atom is 0.303 e. The summed E-state index contributed by atoms with van der Waals surface area (Å²) in [6, 6.07) is 0.660. The van der Waals surface area contributed by atoms with Crippen LogP contribution in [0.25, 0.3) is 0 Å². The summed E-state index contributed by atoms with van der Waals surface area (Å²) in [7, 11) is 0. The van der Waals surface area contributed by atoms with Gasteiger partial charge in [0, 0.05) is 18.5 Å². The van der Waals surface area contributed by atoms with Crippen molar-refractivity contribution in [1.29, 1.82) is 0 Å². The third kappa shape index (κ3) is 3.05. The van der Waals surface area contributed by atoms with E-state index in [0.29, 0.717) is 29.7 Å². The van der Waals surface area contributed by atoms with Gasteiger partial charge in [-0.1, -0.05) is 20.8 Å². The van der Waals surface area contributed by atoms with Gasteiger partial charge in [-0.3, -0.25) is 4.79 Å². The first-order valence-electron chi connectivity index (χ1n) is 11.9. The number of hydrogen-bond donors (Lipinski definition) is 3. The highest BCUT2D eigenvalue weighted by Gasteiger charge is 2.63. The van der Waals surface area contributed by atoms with Crippen molar-refractivity contribution in [2.75, 3.05) is 0 Å². The standard InChI is InChI=1S/C24H42N2O2/c1-14(4-9-22(27)28)18-7-8-19-17-6-5-15-12-16(25)10-11-23(15,2)20(17)13-21(26)24(18,19)3/h14-21H,4-13,25-26H2,1-3H3,(H,27,28)/t14-,15-,16?,17+,18-,19+,20+,21?,23+,24-/m1/s1. The van der Waals surface area contributed by atoms with Crippen molar-refractivity contribution in [3.05, 3.63) is 0 Å². The quantitative estimate of drug-likeness (QED) is 0.663. The van der Waals surface area contributed by atoms with Gasteiger partial charge in [-0.25, -0.2) is 0 Å². The van der Waals surface area contributed by atoms with E-state index in [-0.39, 0.29) is 11.5 Å². The monoisotopic (exact) mass is 390 g/mol. The lowest BCUT2D eigenvalue weighted by atomic mass is 9.43. The number of fused-ring (bicyclic) bond motifs is 5. The first kappa shape index (κ1) is 20.7. The Hall–Kier alpha value is -0.610. The van der Waals surface area contributed by atoms with Crippen LogP contribution in [0.5, 0.6) is 0 Å². The Labute approximate surface area is 171 Å². The van der Waals surface area contributed by atoms with Crippen LogP contribution in [-0.2, 0) is 4.79 Å². The second kappa shape index (κ2) is 7.27. The largest absolute Gasteiger partial charge is 0.481 e. The number of rotatable bonds is 4. The molecule has 4 saturated carbocycles. The molecule has 0 aromatic carbocycles. The molecule has 0 bridgehead atoms. The molecule has 4 nitrogen and oxygen atoms in total. The molecule has 2 unspecified atom stereocenters. The van der Waals surface area contributed by atoms with Gasteiger partial charge in [-0.2, -0.15) is 0 Å². The second-order valence-corrected chi connectivity index (χ2v) is 11.5. The Balaban J connectivity index is 1.56. The van der Waals surface area contributed by atoms with Crippen LogP contribution in [0, 0.1) is 46.3 Å². The smallest absolute Gasteiger partial charge is 0.303 e. The lowest BCUT2D eigenvalue weighted by molar-refractivity contribution is -0.138. The molecule has 4 fully saturated rings. The molecule has 0 heterocycles. The van der Waals surface area contributed by atoms with Crippen LogP contribution in [0.2, 0.25) is 0 Å². The van der Waals surface area contributed by atoms with E-state index in [1.54, 1.807) is 0 Å². The van der Waals surface area contributed by atoms with Crippen molar-refractivity contribution in [1.82, 2.24) is 0 Å². The average Bonchev–Trinajstić information content (AvgIpc) is 3.00. The highest BCUT2D eigenvalue weighted by atomic mass is 16.4. The Morgan fingerprint density at radius 3 is 2.54 bits per heavy atom. The predicted molar refractivity (Wildman–Crippen MR) is 113 cm³/mol. The van der Waals surface area contributed by atoms with E-state index in [4.69, 9.17) is 16.6 Å². The zero-order valence-corrected chi connectivity index (χ0v) is 18.2. The SMILES string of the molecule is C[C@H](CCC(=O)O)[C@H]1CC[C@H]2[C@@H]3CC[C@@H]4CC(N)CC[C@]4(C)[C@H]3CC(N)[C@]12C. The number of carboxylic acid groups (broad SMARTS) is 1. The van der Waals surface area contributed by atoms with Crippen LogP contribution in [-0.4, -0.2) is 23.2 Å². The fourth-order valence-electron chi connectivity index (χ4n) is 8.86. The zero-order chi connectivity index (χ0) is 20.3. The summed E-state index contributed by atoms with van der Waals surface area (Å²) in [5.74, 6) is 3.47. The topological polar surface area (TPSA) is 89.3 Å². The normalized spacial score (nSPS) is 51.7. The van der Waals surface area contributed by atoms with Crippen molar-refractivity contribution in [2.45, 2.75) is 97.1 Å². The van der Waals surface area contributed by atoms with Crippen LogP contribution < -0.4 is 11.5 Å². The number of hydrogen-bond acceptors (Lipinski definition) is 3. The fourth-order valence-corrected chi connectivity index (χ4v) is 8.86. The fraction of sp³-hybridized carbons (Fsp3) is 0.958. The maximum absolute atomic E-state index is 11.1. The van der Waals surface area contributed by atoms with Crippen LogP contribution in [0.1, 0.15) is 85.0 Å². The number of nitrogens with two attached hydrogens (primary N) is 2. The van der Waals surface area contributed by atoms with Crippen molar-refractivity contribution in [3.8, 4) is 0 Å². The van der Waals surface area contributed by atoms with Crippen LogP contribution in [0.3, 0.4) is 0 Å². The van der Waals surface area contributed by atoms with Gasteiger partial charge in [0.2, 0.25) is 0 Å². The number of carbonyl (C=O) groups is 1. The molecular formula is C24H42N2O2. The summed E-state index contributed by atoms with van der Waals surface area (Å²) in [4.78, 5) is 11.1. The molecule has 0 aliphatic heterocycles. The average molecular weight is 391 g/mol. The van der Waals surface area contributed by atoms with E-state index in [9.17, 15) is 4.79 Å². The molecule has 0 radical (unpaired) electrons. The minimum atomic E-state index is -0.665. The Morgan fingerprint density at radius 1 is 1.07 bits per heavy atom. The van der Waals surface area contributed by atoms with Gasteiger partial charge < -0.3 is 16.6 Å². The lowest BCUT2D eigenvalue weighted by Crippen LogP contribution is -2.61. The van der Waals surface area contributed by atoms with Crippen molar-refractivity contribution in [2.24, 2.45) is 57.8 Å². The molecule has 0 saturated heterocycles. The van der Waals surface area contributed by atoms with Gasteiger partial charge in [0.25, 0.3) is 0 Å². The van der Waals surface area contributed by atoms with Gasteiger partial charge >= 0.3 is 5.97 Å². The van der Waals surface area contributed by atoms with Gasteiger partial charge in [0.15, 0.2) is 0 Å². The number of carboxylic acids is 1. The van der Waals surface area contributed by atoms with E-state index in [0.717, 1.165) is 30.1 Å². The van der Waals surface area contributed by atoms with Crippen molar-refractivity contribution in [3.63, 3.8) is 0 Å². The van der Waals surface area contributed by atoms with Gasteiger partial charge in [-0.15, -0.1) is 0 Å². The Kier molecular flexibility index (Phi) is 5.36.